The molecule has 0 aliphatic heterocycles. The highest BCUT2D eigenvalue weighted by Crippen LogP contribution is 2.34. The third kappa shape index (κ3) is 2.56. The lowest BCUT2D eigenvalue weighted by Crippen LogP contribution is -2.15. The Morgan fingerprint density at radius 2 is 1.64 bits per heavy atom. The van der Waals surface area contributed by atoms with Crippen LogP contribution in [0.3, 0.4) is 0 Å². The van der Waals surface area contributed by atoms with E-state index in [0.717, 1.165) is 12.1 Å². The van der Waals surface area contributed by atoms with Crippen LogP contribution in [-0.2, 0) is 6.18 Å². The van der Waals surface area contributed by atoms with E-state index in [2.05, 4.69) is 0 Å². The van der Waals surface area contributed by atoms with Crippen LogP contribution in [0.2, 0.25) is 0 Å². The van der Waals surface area contributed by atoms with Crippen LogP contribution in [0.5, 0.6) is 0 Å². The highest BCUT2D eigenvalue weighted by atomic mass is 19.4. The van der Waals surface area contributed by atoms with Crippen LogP contribution < -0.4 is 5.43 Å². The first-order valence-electron chi connectivity index (χ1n) is 3.46. The topological polar surface area (TPSA) is 15.3 Å². The van der Waals surface area contributed by atoms with Gasteiger partial charge in [-0.2, -0.15) is 13.2 Å². The average molecular weight is 212 g/mol. The average Bonchev–Trinajstić information content (AvgIpc) is 2.01. The Bertz CT molecular complexity index is 309. The van der Waals surface area contributed by atoms with Crippen LogP contribution in [0.4, 0.5) is 27.8 Å². The molecular formula is C7H5F5N2. The molecule has 0 fully saturated rings. The number of rotatable bonds is 2. The van der Waals surface area contributed by atoms with Gasteiger partial charge in [0.2, 0.25) is 0 Å². The normalized spacial score (nSPS) is 11.9. The number of para-hydroxylation sites is 1. The summed E-state index contributed by atoms with van der Waals surface area (Å²) in [7, 11) is 0. The molecule has 78 valence electrons. The number of hydrogen-bond donors (Lipinski definition) is 1. The lowest BCUT2D eigenvalue weighted by molar-refractivity contribution is -0.141. The molecule has 1 aromatic rings. The standard InChI is InChI=1S/C7H5F5N2/c8-7(9,10)5-3-1-2-4-6(5)13-14(11)12/h1-4,13H. The van der Waals surface area contributed by atoms with Crippen molar-refractivity contribution in [3.63, 3.8) is 0 Å². The summed E-state index contributed by atoms with van der Waals surface area (Å²) in [6, 6.07) is 3.97. The van der Waals surface area contributed by atoms with Crippen molar-refractivity contribution in [3.8, 4) is 0 Å². The van der Waals surface area contributed by atoms with Crippen molar-refractivity contribution in [3.05, 3.63) is 29.8 Å². The maximum Gasteiger partial charge on any atom is 0.418 e. The van der Waals surface area contributed by atoms with Crippen molar-refractivity contribution in [2.45, 2.75) is 6.18 Å². The molecule has 0 spiro atoms. The maximum atomic E-state index is 12.2. The number of nitrogens with one attached hydrogen (secondary N) is 1. The second-order valence-electron chi connectivity index (χ2n) is 2.39. The minimum Gasteiger partial charge on any atom is -0.263 e. The number of hydrogen-bond acceptors (Lipinski definition) is 2. The van der Waals surface area contributed by atoms with Gasteiger partial charge in [-0.3, -0.25) is 5.43 Å². The summed E-state index contributed by atoms with van der Waals surface area (Å²) in [5, 5.41) is 0. The highest BCUT2D eigenvalue weighted by Gasteiger charge is 2.33. The number of benzene rings is 1. The molecular weight excluding hydrogens is 207 g/mol. The van der Waals surface area contributed by atoms with Crippen LogP contribution >= 0.6 is 0 Å². The van der Waals surface area contributed by atoms with E-state index in [1.54, 1.807) is 0 Å². The minimum absolute atomic E-state index is 0.690. The van der Waals surface area contributed by atoms with Gasteiger partial charge in [-0.1, -0.05) is 21.1 Å². The van der Waals surface area contributed by atoms with Gasteiger partial charge in [0.15, 0.2) is 0 Å². The number of nitrogens with zero attached hydrogens (tertiary/aromatic N) is 1. The number of hydrazine groups is 1. The molecule has 7 heteroatoms. The Morgan fingerprint density at radius 3 is 2.14 bits per heavy atom. The summed E-state index contributed by atoms with van der Waals surface area (Å²) < 4.78 is 59.9. The summed E-state index contributed by atoms with van der Waals surface area (Å²) in [5.74, 6) is 0. The summed E-state index contributed by atoms with van der Waals surface area (Å²) in [5.41, 5.74) is -2.11. The molecule has 0 aliphatic rings. The van der Waals surface area contributed by atoms with Crippen LogP contribution in [0.25, 0.3) is 0 Å². The molecule has 1 aromatic carbocycles. The van der Waals surface area contributed by atoms with Gasteiger partial charge in [0.25, 0.3) is 0 Å². The van der Waals surface area contributed by atoms with Crippen molar-refractivity contribution < 1.29 is 22.1 Å². The fraction of sp³-hybridized carbons (Fsp3) is 0.143. The van der Waals surface area contributed by atoms with Crippen molar-refractivity contribution in [2.75, 3.05) is 5.43 Å². The fourth-order valence-electron chi connectivity index (χ4n) is 0.919. The Labute approximate surface area is 75.8 Å². The predicted octanol–water partition coefficient (Wildman–Crippen LogP) is 3.10. The number of alkyl halides is 3. The van der Waals surface area contributed by atoms with Gasteiger partial charge in [-0.05, 0) is 12.1 Å². The van der Waals surface area contributed by atoms with Crippen LogP contribution in [0, 0.1) is 0 Å². The molecule has 0 saturated heterocycles. The van der Waals surface area contributed by atoms with E-state index >= 15 is 0 Å². The monoisotopic (exact) mass is 212 g/mol. The largest absolute Gasteiger partial charge is 0.418 e. The third-order valence-electron chi connectivity index (χ3n) is 1.44. The van der Waals surface area contributed by atoms with E-state index in [1.165, 1.54) is 11.5 Å². The number of halogens is 5. The molecule has 1 N–H and O–H groups in total. The van der Waals surface area contributed by atoms with E-state index in [9.17, 15) is 22.1 Å². The quantitative estimate of drug-likeness (QED) is 0.460. The molecule has 0 aromatic heterocycles. The lowest BCUT2D eigenvalue weighted by Gasteiger charge is -2.13. The molecule has 0 heterocycles. The van der Waals surface area contributed by atoms with Gasteiger partial charge >= 0.3 is 6.18 Å². The Balaban J connectivity index is 3.04. The van der Waals surface area contributed by atoms with Crippen LogP contribution in [-0.4, -0.2) is 5.45 Å². The van der Waals surface area contributed by atoms with Gasteiger partial charge < -0.3 is 0 Å². The summed E-state index contributed by atoms with van der Waals surface area (Å²) in [6.07, 6.45) is -4.65. The maximum absolute atomic E-state index is 12.2. The van der Waals surface area contributed by atoms with Gasteiger partial charge in [0, 0.05) is 0 Å². The molecule has 0 saturated carbocycles. The molecule has 0 amide bonds. The molecule has 1 rings (SSSR count). The van der Waals surface area contributed by atoms with Crippen molar-refractivity contribution in [2.24, 2.45) is 0 Å². The Kier molecular flexibility index (Phi) is 2.90. The van der Waals surface area contributed by atoms with Gasteiger partial charge in [0.1, 0.15) is 5.45 Å². The lowest BCUT2D eigenvalue weighted by atomic mass is 10.2. The molecule has 0 aliphatic carbocycles. The SMILES string of the molecule is FN(F)Nc1ccccc1C(F)(F)F. The fourth-order valence-corrected chi connectivity index (χ4v) is 0.919. The van der Waals surface area contributed by atoms with Crippen molar-refractivity contribution in [1.82, 2.24) is 5.45 Å². The van der Waals surface area contributed by atoms with Crippen molar-refractivity contribution in [1.29, 1.82) is 0 Å². The summed E-state index contributed by atoms with van der Waals surface area (Å²) in [4.78, 5) is 0. The summed E-state index contributed by atoms with van der Waals surface area (Å²) >= 11 is 0. The third-order valence-corrected chi connectivity index (χ3v) is 1.44. The first-order chi connectivity index (χ1) is 6.41. The molecule has 0 bridgehead atoms. The molecule has 0 radical (unpaired) electrons. The first-order valence-corrected chi connectivity index (χ1v) is 3.46. The molecule has 0 atom stereocenters. The second kappa shape index (κ2) is 3.79. The van der Waals surface area contributed by atoms with Crippen LogP contribution in [0.15, 0.2) is 24.3 Å². The van der Waals surface area contributed by atoms with Gasteiger partial charge in [0.05, 0.1) is 11.3 Å². The van der Waals surface area contributed by atoms with Crippen LogP contribution in [0.1, 0.15) is 5.56 Å². The smallest absolute Gasteiger partial charge is 0.263 e. The van der Waals surface area contributed by atoms with E-state index in [1.807, 2.05) is 0 Å². The highest BCUT2D eigenvalue weighted by molar-refractivity contribution is 5.51. The Morgan fingerprint density at radius 1 is 1.07 bits per heavy atom. The predicted molar refractivity (Wildman–Crippen MR) is 39.1 cm³/mol. The first kappa shape index (κ1) is 10.7. The van der Waals surface area contributed by atoms with Gasteiger partial charge in [-0.25, -0.2) is 0 Å². The zero-order chi connectivity index (χ0) is 10.8. The van der Waals surface area contributed by atoms with E-state index in [-0.39, 0.29) is 0 Å². The van der Waals surface area contributed by atoms with E-state index in [0.29, 0.717) is 6.07 Å². The number of anilines is 1. The van der Waals surface area contributed by atoms with E-state index in [4.69, 9.17) is 0 Å². The Hall–Kier alpha value is -1.37. The molecule has 0 unspecified atom stereocenters. The molecule has 2 nitrogen and oxygen atoms in total. The molecule has 14 heavy (non-hydrogen) atoms. The summed E-state index contributed by atoms with van der Waals surface area (Å²) in [6.45, 7) is 0. The van der Waals surface area contributed by atoms with Crippen molar-refractivity contribution >= 4 is 5.69 Å². The zero-order valence-corrected chi connectivity index (χ0v) is 6.65. The zero-order valence-electron chi connectivity index (χ0n) is 6.65. The second-order valence-corrected chi connectivity index (χ2v) is 2.39. The minimum atomic E-state index is -4.65. The van der Waals surface area contributed by atoms with Gasteiger partial charge in [-0.15, -0.1) is 0 Å². The van der Waals surface area contributed by atoms with E-state index < -0.39 is 22.9 Å².